The Hall–Kier alpha value is -3.51. The molecule has 0 aliphatic carbocycles. The first kappa shape index (κ1) is 20.2. The van der Waals surface area contributed by atoms with Crippen molar-refractivity contribution in [2.45, 2.75) is 6.54 Å². The van der Waals surface area contributed by atoms with Gasteiger partial charge in [0.25, 0.3) is 11.8 Å². The summed E-state index contributed by atoms with van der Waals surface area (Å²) < 4.78 is 0. The van der Waals surface area contributed by atoms with Crippen LogP contribution in [0.4, 0.5) is 5.69 Å². The molecule has 0 heterocycles. The van der Waals surface area contributed by atoms with Crippen LogP contribution in [0.15, 0.2) is 84.9 Å². The predicted molar refractivity (Wildman–Crippen MR) is 119 cm³/mol. The molecule has 0 aromatic heterocycles. The third kappa shape index (κ3) is 5.73. The number of thiocarbonyl (C=S) groups is 1. The molecule has 0 bridgehead atoms. The SMILES string of the molecule is CN(Cc1ccccc1)C(=O)c1cccc(NC(=S)NC(=O)c2ccccc2)c1. The van der Waals surface area contributed by atoms with Gasteiger partial charge in [-0.2, -0.15) is 0 Å². The Balaban J connectivity index is 1.62. The van der Waals surface area contributed by atoms with E-state index in [1.807, 2.05) is 36.4 Å². The summed E-state index contributed by atoms with van der Waals surface area (Å²) in [6, 6.07) is 25.6. The maximum absolute atomic E-state index is 12.7. The minimum atomic E-state index is -0.294. The van der Waals surface area contributed by atoms with Gasteiger partial charge in [0.2, 0.25) is 0 Å². The quantitative estimate of drug-likeness (QED) is 0.630. The van der Waals surface area contributed by atoms with Crippen molar-refractivity contribution in [3.63, 3.8) is 0 Å². The molecule has 0 aliphatic heterocycles. The first-order chi connectivity index (χ1) is 14.0. The van der Waals surface area contributed by atoms with Gasteiger partial charge in [0.1, 0.15) is 0 Å². The molecular weight excluding hydrogens is 382 g/mol. The van der Waals surface area contributed by atoms with Gasteiger partial charge in [-0.05, 0) is 48.1 Å². The normalized spacial score (nSPS) is 10.1. The number of anilines is 1. The Labute approximate surface area is 175 Å². The summed E-state index contributed by atoms with van der Waals surface area (Å²) in [5, 5.41) is 5.76. The summed E-state index contributed by atoms with van der Waals surface area (Å²) in [7, 11) is 1.76. The van der Waals surface area contributed by atoms with Gasteiger partial charge < -0.3 is 10.2 Å². The molecule has 2 amide bonds. The van der Waals surface area contributed by atoms with E-state index in [2.05, 4.69) is 10.6 Å². The van der Waals surface area contributed by atoms with Crippen LogP contribution in [-0.2, 0) is 6.54 Å². The van der Waals surface area contributed by atoms with E-state index >= 15 is 0 Å². The number of carbonyl (C=O) groups excluding carboxylic acids is 2. The summed E-state index contributed by atoms with van der Waals surface area (Å²) in [6.45, 7) is 0.517. The van der Waals surface area contributed by atoms with Crippen molar-refractivity contribution in [2.75, 3.05) is 12.4 Å². The highest BCUT2D eigenvalue weighted by molar-refractivity contribution is 7.80. The summed E-state index contributed by atoms with van der Waals surface area (Å²) in [4.78, 5) is 26.6. The fraction of sp³-hybridized carbons (Fsp3) is 0.0870. The molecule has 0 saturated heterocycles. The van der Waals surface area contributed by atoms with Crippen LogP contribution in [0, 0.1) is 0 Å². The van der Waals surface area contributed by atoms with Crippen LogP contribution in [-0.4, -0.2) is 28.9 Å². The molecule has 0 atom stereocenters. The molecule has 0 radical (unpaired) electrons. The largest absolute Gasteiger partial charge is 0.337 e. The Morgan fingerprint density at radius 1 is 0.862 bits per heavy atom. The van der Waals surface area contributed by atoms with Gasteiger partial charge in [-0.25, -0.2) is 0 Å². The number of carbonyl (C=O) groups is 2. The van der Waals surface area contributed by atoms with E-state index in [4.69, 9.17) is 12.2 Å². The summed E-state index contributed by atoms with van der Waals surface area (Å²) in [6.07, 6.45) is 0. The van der Waals surface area contributed by atoms with E-state index in [1.54, 1.807) is 60.5 Å². The lowest BCUT2D eigenvalue weighted by Gasteiger charge is -2.18. The molecule has 146 valence electrons. The van der Waals surface area contributed by atoms with Crippen molar-refractivity contribution in [1.29, 1.82) is 0 Å². The zero-order chi connectivity index (χ0) is 20.6. The van der Waals surface area contributed by atoms with Crippen LogP contribution >= 0.6 is 12.2 Å². The fourth-order valence-electron chi connectivity index (χ4n) is 2.81. The first-order valence-corrected chi connectivity index (χ1v) is 9.50. The zero-order valence-electron chi connectivity index (χ0n) is 16.0. The molecule has 0 saturated carbocycles. The van der Waals surface area contributed by atoms with E-state index in [-0.39, 0.29) is 16.9 Å². The number of rotatable bonds is 5. The van der Waals surface area contributed by atoms with Crippen LogP contribution in [0.3, 0.4) is 0 Å². The Morgan fingerprint density at radius 3 is 2.17 bits per heavy atom. The van der Waals surface area contributed by atoms with Gasteiger partial charge in [-0.3, -0.25) is 14.9 Å². The van der Waals surface area contributed by atoms with Crippen molar-refractivity contribution < 1.29 is 9.59 Å². The van der Waals surface area contributed by atoms with Crippen molar-refractivity contribution in [3.05, 3.63) is 102 Å². The number of benzene rings is 3. The third-order valence-electron chi connectivity index (χ3n) is 4.24. The molecular formula is C23H21N3O2S. The standard InChI is InChI=1S/C23H21N3O2S/c1-26(16-17-9-4-2-5-10-17)22(28)19-13-8-14-20(15-19)24-23(29)25-21(27)18-11-6-3-7-12-18/h2-15H,16H2,1H3,(H2,24,25,27,29). The smallest absolute Gasteiger partial charge is 0.257 e. The van der Waals surface area contributed by atoms with Crippen LogP contribution in [0.5, 0.6) is 0 Å². The first-order valence-electron chi connectivity index (χ1n) is 9.10. The highest BCUT2D eigenvalue weighted by atomic mass is 32.1. The van der Waals surface area contributed by atoms with Crippen molar-refractivity contribution in [2.24, 2.45) is 0 Å². The van der Waals surface area contributed by atoms with Gasteiger partial charge in [-0.15, -0.1) is 0 Å². The zero-order valence-corrected chi connectivity index (χ0v) is 16.8. The molecule has 0 unspecified atom stereocenters. The van der Waals surface area contributed by atoms with Gasteiger partial charge in [0.15, 0.2) is 5.11 Å². The number of nitrogens with zero attached hydrogens (tertiary/aromatic N) is 1. The molecule has 3 rings (SSSR count). The molecule has 29 heavy (non-hydrogen) atoms. The minimum absolute atomic E-state index is 0.100. The van der Waals surface area contributed by atoms with Crippen molar-refractivity contribution >= 4 is 34.8 Å². The number of amides is 2. The molecule has 0 spiro atoms. The molecule has 0 aliphatic rings. The second kappa shape index (κ2) is 9.61. The van der Waals surface area contributed by atoms with Crippen LogP contribution < -0.4 is 10.6 Å². The monoisotopic (exact) mass is 403 g/mol. The second-order valence-corrected chi connectivity index (χ2v) is 6.91. The molecule has 3 aromatic carbocycles. The number of hydrogen-bond donors (Lipinski definition) is 2. The molecule has 6 heteroatoms. The van der Waals surface area contributed by atoms with Crippen LogP contribution in [0.25, 0.3) is 0 Å². The van der Waals surface area contributed by atoms with Gasteiger partial charge in [0.05, 0.1) is 0 Å². The maximum atomic E-state index is 12.7. The number of nitrogens with one attached hydrogen (secondary N) is 2. The topological polar surface area (TPSA) is 61.4 Å². The highest BCUT2D eigenvalue weighted by Crippen LogP contribution is 2.14. The van der Waals surface area contributed by atoms with E-state index in [1.165, 1.54) is 0 Å². The van der Waals surface area contributed by atoms with Crippen molar-refractivity contribution in [1.82, 2.24) is 10.2 Å². The summed E-state index contributed by atoms with van der Waals surface area (Å²) in [5.74, 6) is -0.394. The fourth-order valence-corrected chi connectivity index (χ4v) is 3.02. The second-order valence-electron chi connectivity index (χ2n) is 6.50. The predicted octanol–water partition coefficient (Wildman–Crippen LogP) is 4.09. The van der Waals surface area contributed by atoms with Crippen LogP contribution in [0.2, 0.25) is 0 Å². The van der Waals surface area contributed by atoms with E-state index in [0.29, 0.717) is 23.4 Å². The lowest BCUT2D eigenvalue weighted by atomic mass is 10.1. The molecule has 2 N–H and O–H groups in total. The number of hydrogen-bond acceptors (Lipinski definition) is 3. The van der Waals surface area contributed by atoms with Gasteiger partial charge >= 0.3 is 0 Å². The Bertz CT molecular complexity index is 1010. The average Bonchev–Trinajstić information content (AvgIpc) is 2.74. The van der Waals surface area contributed by atoms with E-state index in [9.17, 15) is 9.59 Å². The van der Waals surface area contributed by atoms with E-state index < -0.39 is 0 Å². The molecule has 0 fully saturated rings. The average molecular weight is 404 g/mol. The summed E-state index contributed by atoms with van der Waals surface area (Å²) in [5.41, 5.74) is 2.73. The minimum Gasteiger partial charge on any atom is -0.337 e. The van der Waals surface area contributed by atoms with E-state index in [0.717, 1.165) is 5.56 Å². The lowest BCUT2D eigenvalue weighted by molar-refractivity contribution is 0.0785. The molecule has 5 nitrogen and oxygen atoms in total. The summed E-state index contributed by atoms with van der Waals surface area (Å²) >= 11 is 5.22. The van der Waals surface area contributed by atoms with Crippen molar-refractivity contribution in [3.8, 4) is 0 Å². The Kier molecular flexibility index (Phi) is 6.71. The lowest BCUT2D eigenvalue weighted by Crippen LogP contribution is -2.34. The maximum Gasteiger partial charge on any atom is 0.257 e. The van der Waals surface area contributed by atoms with Crippen LogP contribution in [0.1, 0.15) is 26.3 Å². The Morgan fingerprint density at radius 2 is 1.48 bits per heavy atom. The van der Waals surface area contributed by atoms with Gasteiger partial charge in [-0.1, -0.05) is 54.6 Å². The molecule has 3 aromatic rings. The highest BCUT2D eigenvalue weighted by Gasteiger charge is 2.13. The van der Waals surface area contributed by atoms with Gasteiger partial charge in [0, 0.05) is 30.4 Å². The third-order valence-corrected chi connectivity index (χ3v) is 4.44.